The zero-order valence-electron chi connectivity index (χ0n) is 28.6. The van der Waals surface area contributed by atoms with Gasteiger partial charge in [0.25, 0.3) is 0 Å². The first-order chi connectivity index (χ1) is 23.2. The molecule has 0 N–H and O–H groups in total. The Morgan fingerprint density at radius 2 is 0.792 bits per heavy atom. The lowest BCUT2D eigenvalue weighted by molar-refractivity contribution is 0.314. The van der Waals surface area contributed by atoms with E-state index in [-0.39, 0.29) is 22.6 Å². The lowest BCUT2D eigenvalue weighted by Gasteiger charge is -2.26. The maximum atomic E-state index is 14.3. The van der Waals surface area contributed by atoms with Crippen LogP contribution in [0.3, 0.4) is 0 Å². The highest BCUT2D eigenvalue weighted by atomic mass is 19.2. The molecule has 4 aromatic rings. The Hall–Kier alpha value is -3.80. The summed E-state index contributed by atoms with van der Waals surface area (Å²) in [6.07, 6.45) is 9.94. The third kappa shape index (κ3) is 8.43. The number of ether oxygens (including phenoxy) is 2. The van der Waals surface area contributed by atoms with Crippen LogP contribution in [0.2, 0.25) is 0 Å². The first-order valence-electron chi connectivity index (χ1n) is 17.6. The van der Waals surface area contributed by atoms with Gasteiger partial charge < -0.3 is 9.47 Å². The largest absolute Gasteiger partial charge is 0.491 e. The smallest absolute Gasteiger partial charge is 0.201 e. The molecule has 0 unspecified atom stereocenters. The molecule has 6 rings (SSSR count). The molecule has 256 valence electrons. The second-order valence-electron chi connectivity index (χ2n) is 13.5. The van der Waals surface area contributed by atoms with Crippen LogP contribution in [-0.4, -0.2) is 13.2 Å². The lowest BCUT2D eigenvalue weighted by Crippen LogP contribution is -2.10. The number of halogens is 4. The molecule has 48 heavy (non-hydrogen) atoms. The summed E-state index contributed by atoms with van der Waals surface area (Å²) in [6.45, 7) is 8.73. The van der Waals surface area contributed by atoms with Gasteiger partial charge in [0.05, 0.1) is 13.2 Å². The van der Waals surface area contributed by atoms with Gasteiger partial charge in [-0.2, -0.15) is 8.78 Å². The second kappa shape index (κ2) is 16.5. The van der Waals surface area contributed by atoms with E-state index in [4.69, 9.17) is 9.47 Å². The Balaban J connectivity index is 0.000000188. The van der Waals surface area contributed by atoms with Gasteiger partial charge >= 0.3 is 0 Å². The van der Waals surface area contributed by atoms with E-state index in [0.717, 1.165) is 11.8 Å². The van der Waals surface area contributed by atoms with Crippen LogP contribution in [0.5, 0.6) is 11.5 Å². The summed E-state index contributed by atoms with van der Waals surface area (Å²) in [4.78, 5) is 0. The van der Waals surface area contributed by atoms with Crippen LogP contribution in [0.4, 0.5) is 17.6 Å². The van der Waals surface area contributed by atoms with Crippen molar-refractivity contribution >= 4 is 0 Å². The molecule has 0 aromatic heterocycles. The molecule has 0 aliphatic heterocycles. The first-order valence-corrected chi connectivity index (χ1v) is 17.6. The molecule has 0 bridgehead atoms. The Morgan fingerprint density at radius 3 is 1.10 bits per heavy atom. The minimum absolute atomic E-state index is 0.0355. The van der Waals surface area contributed by atoms with E-state index in [1.54, 1.807) is 26.0 Å². The van der Waals surface area contributed by atoms with Gasteiger partial charge in [-0.3, -0.25) is 0 Å². The molecule has 6 heteroatoms. The van der Waals surface area contributed by atoms with Gasteiger partial charge in [-0.15, -0.1) is 0 Å². The highest BCUT2D eigenvalue weighted by Crippen LogP contribution is 2.38. The molecule has 0 saturated heterocycles. The second-order valence-corrected chi connectivity index (χ2v) is 13.5. The first kappa shape index (κ1) is 35.5. The summed E-state index contributed by atoms with van der Waals surface area (Å²) < 4.78 is 66.9. The molecule has 0 spiro atoms. The summed E-state index contributed by atoms with van der Waals surface area (Å²) in [6, 6.07) is 22.0. The summed E-state index contributed by atoms with van der Waals surface area (Å²) in [5, 5.41) is 0. The van der Waals surface area contributed by atoms with Gasteiger partial charge in [-0.25, -0.2) is 8.78 Å². The monoisotopic (exact) mass is 660 g/mol. The van der Waals surface area contributed by atoms with Crippen LogP contribution in [-0.2, 0) is 0 Å². The molecule has 2 aliphatic carbocycles. The predicted molar refractivity (Wildman–Crippen MR) is 187 cm³/mol. The summed E-state index contributed by atoms with van der Waals surface area (Å²) >= 11 is 0. The molecular weight excluding hydrogens is 612 g/mol. The van der Waals surface area contributed by atoms with Crippen molar-refractivity contribution in [3.05, 3.63) is 107 Å². The molecular formula is C42H48F4O2. The maximum Gasteiger partial charge on any atom is 0.201 e. The molecule has 0 atom stereocenters. The molecule has 4 aromatic carbocycles. The van der Waals surface area contributed by atoms with Crippen LogP contribution in [0.25, 0.3) is 22.3 Å². The average Bonchev–Trinajstić information content (AvgIpc) is 3.10. The lowest BCUT2D eigenvalue weighted by atomic mass is 9.79. The van der Waals surface area contributed by atoms with Crippen LogP contribution in [0, 0.1) is 35.1 Å². The quantitative estimate of drug-likeness (QED) is 0.175. The Bertz CT molecular complexity index is 1490. The van der Waals surface area contributed by atoms with Crippen LogP contribution < -0.4 is 9.47 Å². The van der Waals surface area contributed by atoms with Crippen molar-refractivity contribution in [3.63, 3.8) is 0 Å². The van der Waals surface area contributed by atoms with E-state index in [1.165, 1.54) is 74.6 Å². The molecule has 2 saturated carbocycles. The van der Waals surface area contributed by atoms with Crippen molar-refractivity contribution in [1.82, 2.24) is 0 Å². The fourth-order valence-corrected chi connectivity index (χ4v) is 7.10. The Labute approximate surface area is 283 Å². The fraction of sp³-hybridized carbons (Fsp3) is 0.429. The van der Waals surface area contributed by atoms with E-state index >= 15 is 0 Å². The van der Waals surface area contributed by atoms with Crippen molar-refractivity contribution in [1.29, 1.82) is 0 Å². The van der Waals surface area contributed by atoms with E-state index < -0.39 is 23.3 Å². The fourth-order valence-electron chi connectivity index (χ4n) is 7.10. The van der Waals surface area contributed by atoms with Crippen molar-refractivity contribution < 1.29 is 27.0 Å². The van der Waals surface area contributed by atoms with Gasteiger partial charge in [0.2, 0.25) is 11.6 Å². The molecule has 2 aliphatic rings. The molecule has 0 radical (unpaired) electrons. The van der Waals surface area contributed by atoms with Gasteiger partial charge in [0, 0.05) is 11.1 Å². The topological polar surface area (TPSA) is 18.5 Å². The highest BCUT2D eigenvalue weighted by molar-refractivity contribution is 5.66. The minimum Gasteiger partial charge on any atom is -0.491 e. The van der Waals surface area contributed by atoms with Crippen LogP contribution >= 0.6 is 0 Å². The molecule has 0 amide bonds. The van der Waals surface area contributed by atoms with Gasteiger partial charge in [-0.05, 0) is 110 Å². The van der Waals surface area contributed by atoms with Gasteiger partial charge in [-0.1, -0.05) is 88.1 Å². The normalized spacial score (nSPS) is 20.8. The number of rotatable bonds is 8. The van der Waals surface area contributed by atoms with Crippen molar-refractivity contribution in [2.24, 2.45) is 11.8 Å². The number of hydrogen-bond acceptors (Lipinski definition) is 2. The highest BCUT2D eigenvalue weighted by Gasteiger charge is 2.22. The predicted octanol–water partition coefficient (Wildman–Crippen LogP) is 12.6. The molecule has 2 nitrogen and oxygen atoms in total. The van der Waals surface area contributed by atoms with Crippen LogP contribution in [0.15, 0.2) is 72.8 Å². The summed E-state index contributed by atoms with van der Waals surface area (Å²) in [5.41, 5.74) is 4.55. The zero-order chi connectivity index (χ0) is 34.2. The third-order valence-corrected chi connectivity index (χ3v) is 10.1. The molecule has 0 heterocycles. The van der Waals surface area contributed by atoms with E-state index in [9.17, 15) is 17.6 Å². The summed E-state index contributed by atoms with van der Waals surface area (Å²) in [7, 11) is 0. The van der Waals surface area contributed by atoms with E-state index in [1.807, 2.05) is 24.3 Å². The van der Waals surface area contributed by atoms with E-state index in [0.29, 0.717) is 36.2 Å². The van der Waals surface area contributed by atoms with Gasteiger partial charge in [0.15, 0.2) is 23.1 Å². The zero-order valence-corrected chi connectivity index (χ0v) is 28.6. The standard InChI is InChI=1S/2C21H24F2O/c2*1-3-24-19-13-12-18(20(22)21(19)23)17-10-8-16(9-11-17)15-6-4-14(2)5-7-15/h2*8-15H,3-7H2,1-2H3. The Morgan fingerprint density at radius 1 is 0.458 bits per heavy atom. The maximum absolute atomic E-state index is 14.3. The summed E-state index contributed by atoms with van der Waals surface area (Å²) in [5.74, 6) is -0.768. The number of benzene rings is 4. The van der Waals surface area contributed by atoms with Crippen LogP contribution in [0.1, 0.15) is 102 Å². The average molecular weight is 661 g/mol. The molecule has 2 fully saturated rings. The minimum atomic E-state index is -0.917. The van der Waals surface area contributed by atoms with Crippen molar-refractivity contribution in [3.8, 4) is 33.8 Å². The third-order valence-electron chi connectivity index (χ3n) is 10.1. The van der Waals surface area contributed by atoms with Gasteiger partial charge in [0.1, 0.15) is 0 Å². The van der Waals surface area contributed by atoms with Crippen molar-refractivity contribution in [2.75, 3.05) is 13.2 Å². The van der Waals surface area contributed by atoms with E-state index in [2.05, 4.69) is 38.1 Å². The Kier molecular flexibility index (Phi) is 12.2. The SMILES string of the molecule is CCOc1ccc(-c2ccc(C3CCC(C)CC3)cc2)c(F)c1F.CCOc1ccc(-c2ccc(C3CCC(C)CC3)cc2)c(F)c1F. The van der Waals surface area contributed by atoms with Crippen molar-refractivity contribution in [2.45, 2.75) is 90.9 Å². The number of hydrogen-bond donors (Lipinski definition) is 0.